The van der Waals surface area contributed by atoms with Gasteiger partial charge in [-0.1, -0.05) is 87.8 Å². The summed E-state index contributed by atoms with van der Waals surface area (Å²) in [7, 11) is 0. The van der Waals surface area contributed by atoms with E-state index in [0.717, 1.165) is 23.0 Å². The number of benzene rings is 3. The molecule has 3 aromatic rings. The highest BCUT2D eigenvalue weighted by Crippen LogP contribution is 2.36. The van der Waals surface area contributed by atoms with Crippen LogP contribution < -0.4 is 0 Å². The topological polar surface area (TPSA) is 0 Å². The van der Waals surface area contributed by atoms with Crippen LogP contribution in [-0.2, 0) is 6.42 Å². The molecule has 0 N–H and O–H groups in total. The first-order valence-corrected chi connectivity index (χ1v) is 12.9. The maximum atomic E-state index is 3.38. The molecule has 0 aromatic heterocycles. The maximum absolute atomic E-state index is 3.38. The summed E-state index contributed by atoms with van der Waals surface area (Å²) in [6.07, 6.45) is 13.3. The molecular weight excluding hydrogens is 384 g/mol. The molecule has 0 aliphatic heterocycles. The zero-order valence-corrected chi connectivity index (χ0v) is 20.0. The predicted molar refractivity (Wildman–Crippen MR) is 139 cm³/mol. The number of unbranched alkanes of at least 4 members (excludes halogenated alkanes) is 3. The minimum atomic E-state index is 0.747. The SMILES string of the molecule is CCCCCCc1ccc2cc(C#Cc3ccc([C@H]4CC[C@H](CC)CC4)cc3)ccc2c1. The number of rotatable bonds is 7. The molecule has 166 valence electrons. The van der Waals surface area contributed by atoms with Crippen LogP contribution >= 0.6 is 0 Å². The number of aryl methyl sites for hydroxylation is 1. The number of fused-ring (bicyclic) bond motifs is 1. The Hall–Kier alpha value is -2.52. The highest BCUT2D eigenvalue weighted by atomic mass is 14.3. The van der Waals surface area contributed by atoms with Gasteiger partial charge >= 0.3 is 0 Å². The Morgan fingerprint density at radius 3 is 2.12 bits per heavy atom. The van der Waals surface area contributed by atoms with Crippen molar-refractivity contribution in [1.82, 2.24) is 0 Å². The Labute approximate surface area is 195 Å². The van der Waals surface area contributed by atoms with E-state index in [0.29, 0.717) is 0 Å². The van der Waals surface area contributed by atoms with Gasteiger partial charge in [-0.2, -0.15) is 0 Å². The fourth-order valence-corrected chi connectivity index (χ4v) is 5.17. The molecule has 0 heteroatoms. The van der Waals surface area contributed by atoms with E-state index in [1.54, 1.807) is 0 Å². The van der Waals surface area contributed by atoms with Gasteiger partial charge in [0.05, 0.1) is 0 Å². The van der Waals surface area contributed by atoms with Crippen molar-refractivity contribution < 1.29 is 0 Å². The normalized spacial score (nSPS) is 18.3. The van der Waals surface area contributed by atoms with Crippen LogP contribution in [0.25, 0.3) is 10.8 Å². The Morgan fingerprint density at radius 2 is 1.38 bits per heavy atom. The van der Waals surface area contributed by atoms with Gasteiger partial charge in [-0.25, -0.2) is 0 Å². The number of hydrogen-bond donors (Lipinski definition) is 0. The second-order valence-corrected chi connectivity index (χ2v) is 9.70. The molecule has 0 heterocycles. The molecule has 32 heavy (non-hydrogen) atoms. The van der Waals surface area contributed by atoms with E-state index in [1.165, 1.54) is 86.1 Å². The third-order valence-electron chi connectivity index (χ3n) is 7.38. The van der Waals surface area contributed by atoms with Crippen molar-refractivity contribution in [2.75, 3.05) is 0 Å². The maximum Gasteiger partial charge on any atom is 0.0255 e. The van der Waals surface area contributed by atoms with Crippen molar-refractivity contribution in [3.05, 3.63) is 82.9 Å². The zero-order chi connectivity index (χ0) is 22.2. The van der Waals surface area contributed by atoms with E-state index in [4.69, 9.17) is 0 Å². The summed E-state index contributed by atoms with van der Waals surface area (Å²) in [4.78, 5) is 0. The highest BCUT2D eigenvalue weighted by molar-refractivity contribution is 5.84. The zero-order valence-electron chi connectivity index (χ0n) is 20.0. The lowest BCUT2D eigenvalue weighted by Gasteiger charge is -2.28. The molecule has 0 bridgehead atoms. The molecule has 0 spiro atoms. The summed E-state index contributed by atoms with van der Waals surface area (Å²) < 4.78 is 0. The second-order valence-electron chi connectivity index (χ2n) is 9.70. The first-order chi connectivity index (χ1) is 15.7. The van der Waals surface area contributed by atoms with E-state index in [-0.39, 0.29) is 0 Å². The van der Waals surface area contributed by atoms with Crippen molar-refractivity contribution in [2.24, 2.45) is 5.92 Å². The van der Waals surface area contributed by atoms with Gasteiger partial charge in [0.2, 0.25) is 0 Å². The molecule has 4 rings (SSSR count). The molecule has 3 aromatic carbocycles. The van der Waals surface area contributed by atoms with Crippen LogP contribution in [0.4, 0.5) is 0 Å². The smallest absolute Gasteiger partial charge is 0.0255 e. The molecule has 0 nitrogen and oxygen atoms in total. The van der Waals surface area contributed by atoms with Gasteiger partial charge in [0.15, 0.2) is 0 Å². The summed E-state index contributed by atoms with van der Waals surface area (Å²) >= 11 is 0. The largest absolute Gasteiger partial charge is 0.0654 e. The summed E-state index contributed by atoms with van der Waals surface area (Å²) in [6, 6.07) is 22.6. The third-order valence-corrected chi connectivity index (χ3v) is 7.38. The molecule has 0 saturated heterocycles. The van der Waals surface area contributed by atoms with Gasteiger partial charge in [-0.05, 0) is 96.5 Å². The van der Waals surface area contributed by atoms with Crippen LogP contribution in [0.3, 0.4) is 0 Å². The lowest BCUT2D eigenvalue weighted by Crippen LogP contribution is -2.12. The van der Waals surface area contributed by atoms with Gasteiger partial charge in [-0.3, -0.25) is 0 Å². The first-order valence-electron chi connectivity index (χ1n) is 12.9. The van der Waals surface area contributed by atoms with Crippen molar-refractivity contribution in [1.29, 1.82) is 0 Å². The van der Waals surface area contributed by atoms with Gasteiger partial charge in [0.1, 0.15) is 0 Å². The Kier molecular flexibility index (Phi) is 8.06. The summed E-state index contributed by atoms with van der Waals surface area (Å²) in [5.74, 6) is 8.45. The second kappa shape index (κ2) is 11.4. The van der Waals surface area contributed by atoms with Crippen LogP contribution in [0.5, 0.6) is 0 Å². The van der Waals surface area contributed by atoms with Gasteiger partial charge in [-0.15, -0.1) is 0 Å². The fraction of sp³-hybridized carbons (Fsp3) is 0.438. The average Bonchev–Trinajstić information content (AvgIpc) is 2.85. The quantitative estimate of drug-likeness (QED) is 0.263. The lowest BCUT2D eigenvalue weighted by atomic mass is 9.78. The van der Waals surface area contributed by atoms with Gasteiger partial charge in [0, 0.05) is 11.1 Å². The Balaban J connectivity index is 1.39. The van der Waals surface area contributed by atoms with Crippen molar-refractivity contribution in [2.45, 2.75) is 84.0 Å². The summed E-state index contributed by atoms with van der Waals surface area (Å²) in [6.45, 7) is 4.60. The van der Waals surface area contributed by atoms with E-state index in [2.05, 4.69) is 86.4 Å². The monoisotopic (exact) mass is 422 g/mol. The van der Waals surface area contributed by atoms with Gasteiger partial charge in [0.25, 0.3) is 0 Å². The van der Waals surface area contributed by atoms with Crippen LogP contribution in [0.1, 0.15) is 99.8 Å². The minimum absolute atomic E-state index is 0.747. The van der Waals surface area contributed by atoms with E-state index in [9.17, 15) is 0 Å². The molecule has 0 atom stereocenters. The van der Waals surface area contributed by atoms with Crippen LogP contribution in [0, 0.1) is 17.8 Å². The molecule has 1 saturated carbocycles. The van der Waals surface area contributed by atoms with Crippen LogP contribution in [0.2, 0.25) is 0 Å². The third kappa shape index (κ3) is 6.04. The molecule has 0 amide bonds. The Bertz CT molecular complexity index is 1050. The Morgan fingerprint density at radius 1 is 0.688 bits per heavy atom. The van der Waals surface area contributed by atoms with Crippen molar-refractivity contribution >= 4 is 10.8 Å². The van der Waals surface area contributed by atoms with Gasteiger partial charge < -0.3 is 0 Å². The van der Waals surface area contributed by atoms with E-state index >= 15 is 0 Å². The van der Waals surface area contributed by atoms with E-state index < -0.39 is 0 Å². The van der Waals surface area contributed by atoms with Crippen LogP contribution in [0.15, 0.2) is 60.7 Å². The fourth-order valence-electron chi connectivity index (χ4n) is 5.17. The molecule has 1 fully saturated rings. The molecular formula is C32H38. The minimum Gasteiger partial charge on any atom is -0.0654 e. The highest BCUT2D eigenvalue weighted by Gasteiger charge is 2.20. The molecule has 1 aliphatic rings. The number of hydrogen-bond acceptors (Lipinski definition) is 0. The molecule has 0 unspecified atom stereocenters. The summed E-state index contributed by atoms with van der Waals surface area (Å²) in [5.41, 5.74) is 5.16. The van der Waals surface area contributed by atoms with Crippen molar-refractivity contribution in [3.8, 4) is 11.8 Å². The average molecular weight is 423 g/mol. The molecule has 1 aliphatic carbocycles. The predicted octanol–water partition coefficient (Wildman–Crippen LogP) is 9.05. The lowest BCUT2D eigenvalue weighted by molar-refractivity contribution is 0.319. The van der Waals surface area contributed by atoms with Crippen molar-refractivity contribution in [3.63, 3.8) is 0 Å². The standard InChI is InChI=1S/C32H38/c1-3-5-6-7-8-27-15-21-32-24-28(16-22-31(32)23-27)10-9-26-13-19-30(20-14-26)29-17-11-25(4-2)12-18-29/h13-16,19-25,29H,3-8,11-12,17-18H2,1-2H3/t25-,29-. The summed E-state index contributed by atoms with van der Waals surface area (Å²) in [5, 5.41) is 2.61. The van der Waals surface area contributed by atoms with E-state index in [1.807, 2.05) is 0 Å². The van der Waals surface area contributed by atoms with Crippen LogP contribution in [-0.4, -0.2) is 0 Å². The first kappa shape index (κ1) is 22.7. The molecule has 0 radical (unpaired) electrons.